The lowest BCUT2D eigenvalue weighted by atomic mass is 9.76. The zero-order chi connectivity index (χ0) is 14.3. The molecule has 0 saturated carbocycles. The van der Waals surface area contributed by atoms with Crippen LogP contribution in [0.3, 0.4) is 0 Å². The molecule has 5 nitrogen and oxygen atoms in total. The fraction of sp³-hybridized carbons (Fsp3) is 0.562. The van der Waals surface area contributed by atoms with Crippen molar-refractivity contribution in [3.63, 3.8) is 0 Å². The summed E-state index contributed by atoms with van der Waals surface area (Å²) < 4.78 is 11.3. The highest BCUT2D eigenvalue weighted by Gasteiger charge is 2.35. The quantitative estimate of drug-likeness (QED) is 0.890. The normalized spacial score (nSPS) is 20.6. The molecule has 1 aromatic heterocycles. The lowest BCUT2D eigenvalue weighted by Gasteiger charge is -2.35. The minimum absolute atomic E-state index is 0.173. The summed E-state index contributed by atoms with van der Waals surface area (Å²) in [5, 5.41) is 3.44. The molecule has 0 aliphatic carbocycles. The van der Waals surface area contributed by atoms with E-state index in [-0.39, 0.29) is 5.41 Å². The first kappa shape index (κ1) is 13.0. The van der Waals surface area contributed by atoms with Crippen molar-refractivity contribution in [2.45, 2.75) is 31.6 Å². The van der Waals surface area contributed by atoms with Gasteiger partial charge in [-0.2, -0.15) is 0 Å². The van der Waals surface area contributed by atoms with Crippen LogP contribution in [0.4, 0.5) is 0 Å². The molecule has 2 N–H and O–H groups in total. The highest BCUT2D eigenvalue weighted by Crippen LogP contribution is 2.38. The summed E-state index contributed by atoms with van der Waals surface area (Å²) in [5.41, 5.74) is 2.19. The number of piperidine rings is 1. The number of H-pyrrole nitrogens is 1. The monoisotopic (exact) mass is 287 g/mol. The summed E-state index contributed by atoms with van der Waals surface area (Å²) >= 11 is 0. The van der Waals surface area contributed by atoms with E-state index >= 15 is 0 Å². The summed E-state index contributed by atoms with van der Waals surface area (Å²) in [4.78, 5) is 8.40. The Morgan fingerprint density at radius 2 is 1.86 bits per heavy atom. The molecule has 4 rings (SSSR count). The predicted molar refractivity (Wildman–Crippen MR) is 81.2 cm³/mol. The van der Waals surface area contributed by atoms with Crippen molar-refractivity contribution in [2.24, 2.45) is 0 Å². The standard InChI is InChI=1S/C16H21N3O2/c1-2-16(3-5-17-6-4-16)15-18-11-9-13-14(10-12(11)19-15)21-8-7-20-13/h9-10,17H,2-8H2,1H3,(H,18,19). The zero-order valence-electron chi connectivity index (χ0n) is 12.4. The van der Waals surface area contributed by atoms with E-state index in [2.05, 4.69) is 17.2 Å². The van der Waals surface area contributed by atoms with Gasteiger partial charge in [0.05, 0.1) is 11.0 Å². The number of aromatic nitrogens is 2. The van der Waals surface area contributed by atoms with E-state index < -0.39 is 0 Å². The molecule has 1 saturated heterocycles. The molecule has 21 heavy (non-hydrogen) atoms. The van der Waals surface area contributed by atoms with Crippen LogP contribution in [0.15, 0.2) is 12.1 Å². The van der Waals surface area contributed by atoms with Crippen LogP contribution in [0.25, 0.3) is 11.0 Å². The van der Waals surface area contributed by atoms with E-state index in [1.54, 1.807) is 0 Å². The van der Waals surface area contributed by atoms with Gasteiger partial charge < -0.3 is 19.8 Å². The number of rotatable bonds is 2. The molecule has 0 unspecified atom stereocenters. The summed E-state index contributed by atoms with van der Waals surface area (Å²) in [6.45, 7) is 5.61. The number of aromatic amines is 1. The number of ether oxygens (including phenoxy) is 2. The number of hydrogen-bond acceptors (Lipinski definition) is 4. The number of hydrogen-bond donors (Lipinski definition) is 2. The molecule has 0 bridgehead atoms. The Labute approximate surface area is 124 Å². The maximum absolute atomic E-state index is 5.65. The van der Waals surface area contributed by atoms with E-state index in [9.17, 15) is 0 Å². The molecule has 0 spiro atoms. The highest BCUT2D eigenvalue weighted by molar-refractivity contribution is 5.80. The Morgan fingerprint density at radius 1 is 1.14 bits per heavy atom. The number of nitrogens with one attached hydrogen (secondary N) is 2. The van der Waals surface area contributed by atoms with Gasteiger partial charge in [0, 0.05) is 17.5 Å². The highest BCUT2D eigenvalue weighted by atomic mass is 16.6. The Kier molecular flexibility index (Phi) is 3.03. The van der Waals surface area contributed by atoms with E-state index in [1.165, 1.54) is 0 Å². The zero-order valence-corrected chi connectivity index (χ0v) is 12.4. The van der Waals surface area contributed by atoms with Crippen LogP contribution in [-0.2, 0) is 5.41 Å². The molecule has 2 aromatic rings. The van der Waals surface area contributed by atoms with Gasteiger partial charge in [0.15, 0.2) is 11.5 Å². The Morgan fingerprint density at radius 3 is 2.57 bits per heavy atom. The molecule has 1 aromatic carbocycles. The van der Waals surface area contributed by atoms with Gasteiger partial charge in [-0.05, 0) is 32.4 Å². The third-order valence-corrected chi connectivity index (χ3v) is 4.89. The summed E-state index contributed by atoms with van der Waals surface area (Å²) in [5.74, 6) is 2.74. The maximum Gasteiger partial charge on any atom is 0.163 e. The molecular weight excluding hydrogens is 266 g/mol. The molecular formula is C16H21N3O2. The van der Waals surface area contributed by atoms with Crippen LogP contribution < -0.4 is 14.8 Å². The molecule has 112 valence electrons. The Bertz CT molecular complexity index is 616. The average Bonchev–Trinajstić information content (AvgIpc) is 2.96. The maximum atomic E-state index is 5.65. The van der Waals surface area contributed by atoms with E-state index in [0.717, 1.165) is 60.7 Å². The summed E-state index contributed by atoms with van der Waals surface area (Å²) in [6, 6.07) is 4.01. The fourth-order valence-corrected chi connectivity index (χ4v) is 3.46. The first-order valence-electron chi connectivity index (χ1n) is 7.81. The van der Waals surface area contributed by atoms with Gasteiger partial charge in [-0.1, -0.05) is 6.92 Å². The molecule has 0 amide bonds. The second kappa shape index (κ2) is 4.91. The van der Waals surface area contributed by atoms with Crippen molar-refractivity contribution in [1.29, 1.82) is 0 Å². The van der Waals surface area contributed by atoms with Crippen molar-refractivity contribution in [3.8, 4) is 11.5 Å². The van der Waals surface area contributed by atoms with Gasteiger partial charge in [-0.3, -0.25) is 0 Å². The predicted octanol–water partition coefficient (Wildman–Crippen LogP) is 2.37. The Hall–Kier alpha value is -1.75. The third kappa shape index (κ3) is 2.07. The molecule has 0 atom stereocenters. The van der Waals surface area contributed by atoms with Gasteiger partial charge in [-0.15, -0.1) is 0 Å². The fourth-order valence-electron chi connectivity index (χ4n) is 3.46. The molecule has 2 aliphatic heterocycles. The van der Waals surface area contributed by atoms with Crippen molar-refractivity contribution in [2.75, 3.05) is 26.3 Å². The van der Waals surface area contributed by atoms with Gasteiger partial charge in [0.25, 0.3) is 0 Å². The van der Waals surface area contributed by atoms with Gasteiger partial charge >= 0.3 is 0 Å². The minimum atomic E-state index is 0.173. The summed E-state index contributed by atoms with van der Waals surface area (Å²) in [7, 11) is 0. The SMILES string of the molecule is CCC1(c2nc3cc4c(cc3[nH]2)OCCO4)CCNCC1. The molecule has 5 heteroatoms. The molecule has 0 radical (unpaired) electrons. The minimum Gasteiger partial charge on any atom is -0.486 e. The van der Waals surface area contributed by atoms with Crippen molar-refractivity contribution >= 4 is 11.0 Å². The second-order valence-corrected chi connectivity index (χ2v) is 5.98. The van der Waals surface area contributed by atoms with Crippen LogP contribution in [0.5, 0.6) is 11.5 Å². The van der Waals surface area contributed by atoms with E-state index in [0.29, 0.717) is 13.2 Å². The number of nitrogens with zero attached hydrogens (tertiary/aromatic N) is 1. The average molecular weight is 287 g/mol. The van der Waals surface area contributed by atoms with Crippen LogP contribution in [0.2, 0.25) is 0 Å². The molecule has 3 heterocycles. The van der Waals surface area contributed by atoms with Gasteiger partial charge in [0.1, 0.15) is 19.0 Å². The van der Waals surface area contributed by atoms with Crippen molar-refractivity contribution in [1.82, 2.24) is 15.3 Å². The second-order valence-electron chi connectivity index (χ2n) is 5.98. The van der Waals surface area contributed by atoms with Gasteiger partial charge in [-0.25, -0.2) is 4.98 Å². The number of benzene rings is 1. The van der Waals surface area contributed by atoms with Crippen LogP contribution in [0.1, 0.15) is 32.0 Å². The lowest BCUT2D eigenvalue weighted by molar-refractivity contribution is 0.172. The number of imidazole rings is 1. The van der Waals surface area contributed by atoms with Gasteiger partial charge in [0.2, 0.25) is 0 Å². The smallest absolute Gasteiger partial charge is 0.163 e. The first-order chi connectivity index (χ1) is 10.3. The van der Waals surface area contributed by atoms with Crippen molar-refractivity contribution in [3.05, 3.63) is 18.0 Å². The van der Waals surface area contributed by atoms with Crippen LogP contribution in [0, 0.1) is 0 Å². The van der Waals surface area contributed by atoms with E-state index in [1.807, 2.05) is 12.1 Å². The largest absolute Gasteiger partial charge is 0.486 e. The third-order valence-electron chi connectivity index (χ3n) is 4.89. The Balaban J connectivity index is 1.79. The molecule has 1 fully saturated rings. The topological polar surface area (TPSA) is 59.2 Å². The van der Waals surface area contributed by atoms with Crippen LogP contribution in [-0.4, -0.2) is 36.3 Å². The number of fused-ring (bicyclic) bond motifs is 2. The van der Waals surface area contributed by atoms with E-state index in [4.69, 9.17) is 14.5 Å². The lowest BCUT2D eigenvalue weighted by Crippen LogP contribution is -2.40. The molecule has 2 aliphatic rings. The first-order valence-corrected chi connectivity index (χ1v) is 7.81. The van der Waals surface area contributed by atoms with Crippen LogP contribution >= 0.6 is 0 Å². The summed E-state index contributed by atoms with van der Waals surface area (Å²) in [6.07, 6.45) is 3.38. The van der Waals surface area contributed by atoms with Crippen molar-refractivity contribution < 1.29 is 9.47 Å².